The largest absolute Gasteiger partial charge is 0.453 e. The molecule has 1 unspecified atom stereocenters. The smallest absolute Gasteiger partial charge is 0.425 e. The van der Waals surface area contributed by atoms with Crippen molar-refractivity contribution in [1.82, 2.24) is 0 Å². The van der Waals surface area contributed by atoms with Crippen LogP contribution in [0.5, 0.6) is 5.75 Å². The van der Waals surface area contributed by atoms with Crippen molar-refractivity contribution in [3.63, 3.8) is 0 Å². The maximum absolute atomic E-state index is 12.2. The molecule has 0 bridgehead atoms. The van der Waals surface area contributed by atoms with Gasteiger partial charge in [-0.3, -0.25) is 9.59 Å². The van der Waals surface area contributed by atoms with E-state index in [0.29, 0.717) is 6.92 Å². The molecule has 0 heterocycles. The minimum atomic E-state index is -4.66. The molecule has 0 aliphatic rings. The predicted molar refractivity (Wildman–Crippen MR) is 78.0 cm³/mol. The third-order valence-corrected chi connectivity index (χ3v) is 3.52. The standard InChI is InChI=1S/C13H10Cl3F3O4/c1-6(13(17,18)19)22-11(20)2-3-12(21)23-10-5-8(15)7(14)4-9(10)16/h4-6H,2-3H2,1H3. The maximum Gasteiger partial charge on any atom is 0.425 e. The van der Waals surface area contributed by atoms with Crippen LogP contribution in [0.1, 0.15) is 19.8 Å². The van der Waals surface area contributed by atoms with Gasteiger partial charge in [0.1, 0.15) is 0 Å². The van der Waals surface area contributed by atoms with E-state index in [1.54, 1.807) is 0 Å². The van der Waals surface area contributed by atoms with Crippen LogP contribution >= 0.6 is 34.8 Å². The summed E-state index contributed by atoms with van der Waals surface area (Å²) in [5.74, 6) is -2.14. The number of alkyl halides is 3. The van der Waals surface area contributed by atoms with Crippen LogP contribution in [0, 0.1) is 0 Å². The lowest BCUT2D eigenvalue weighted by Gasteiger charge is -2.16. The van der Waals surface area contributed by atoms with Crippen molar-refractivity contribution < 1.29 is 32.2 Å². The molecule has 0 amide bonds. The van der Waals surface area contributed by atoms with Gasteiger partial charge in [-0.1, -0.05) is 34.8 Å². The van der Waals surface area contributed by atoms with E-state index in [9.17, 15) is 22.8 Å². The van der Waals surface area contributed by atoms with Gasteiger partial charge in [0, 0.05) is 6.07 Å². The zero-order valence-electron chi connectivity index (χ0n) is 11.5. The van der Waals surface area contributed by atoms with Gasteiger partial charge in [0.05, 0.1) is 27.9 Å². The number of esters is 2. The Hall–Kier alpha value is -1.18. The van der Waals surface area contributed by atoms with Gasteiger partial charge < -0.3 is 9.47 Å². The molecule has 1 aromatic carbocycles. The Kier molecular flexibility index (Phi) is 6.98. The summed E-state index contributed by atoms with van der Waals surface area (Å²) >= 11 is 17.2. The van der Waals surface area contributed by atoms with E-state index in [4.69, 9.17) is 39.5 Å². The van der Waals surface area contributed by atoms with Crippen molar-refractivity contribution in [3.8, 4) is 5.75 Å². The monoisotopic (exact) mass is 392 g/mol. The van der Waals surface area contributed by atoms with Crippen LogP contribution in [-0.4, -0.2) is 24.2 Å². The van der Waals surface area contributed by atoms with Gasteiger partial charge in [0.2, 0.25) is 0 Å². The van der Waals surface area contributed by atoms with E-state index in [1.165, 1.54) is 12.1 Å². The average Bonchev–Trinajstić information content (AvgIpc) is 2.41. The van der Waals surface area contributed by atoms with Crippen molar-refractivity contribution in [2.24, 2.45) is 0 Å². The Balaban J connectivity index is 2.52. The Bertz CT molecular complexity index is 605. The summed E-state index contributed by atoms with van der Waals surface area (Å²) in [7, 11) is 0. The first-order valence-electron chi connectivity index (χ1n) is 6.12. The SMILES string of the molecule is CC(OC(=O)CCC(=O)Oc1cc(Cl)c(Cl)cc1Cl)C(F)(F)F. The minimum Gasteiger partial charge on any atom is -0.453 e. The number of ether oxygens (including phenoxy) is 2. The minimum absolute atomic E-state index is 0.0148. The highest BCUT2D eigenvalue weighted by molar-refractivity contribution is 6.43. The summed E-state index contributed by atoms with van der Waals surface area (Å²) in [5, 5.41) is 0.263. The highest BCUT2D eigenvalue weighted by Crippen LogP contribution is 2.34. The normalized spacial score (nSPS) is 12.7. The lowest BCUT2D eigenvalue weighted by molar-refractivity contribution is -0.216. The number of rotatable bonds is 5. The summed E-state index contributed by atoms with van der Waals surface area (Å²) in [6.07, 6.45) is -7.97. The molecular formula is C13H10Cl3F3O4. The fraction of sp³-hybridized carbons (Fsp3) is 0.385. The summed E-state index contributed by atoms with van der Waals surface area (Å²) in [6.45, 7) is 0.686. The first-order valence-corrected chi connectivity index (χ1v) is 7.25. The molecular weight excluding hydrogens is 383 g/mol. The van der Waals surface area contributed by atoms with Gasteiger partial charge in [0.25, 0.3) is 0 Å². The van der Waals surface area contributed by atoms with Gasteiger partial charge in [-0.15, -0.1) is 0 Å². The van der Waals surface area contributed by atoms with Crippen molar-refractivity contribution in [2.75, 3.05) is 0 Å². The lowest BCUT2D eigenvalue weighted by Crippen LogP contribution is -2.31. The van der Waals surface area contributed by atoms with Crippen molar-refractivity contribution >= 4 is 46.7 Å². The van der Waals surface area contributed by atoms with Crippen molar-refractivity contribution in [2.45, 2.75) is 32.0 Å². The van der Waals surface area contributed by atoms with Crippen LogP contribution < -0.4 is 4.74 Å². The van der Waals surface area contributed by atoms with Gasteiger partial charge in [-0.25, -0.2) is 0 Å². The molecule has 4 nitrogen and oxygen atoms in total. The van der Waals surface area contributed by atoms with E-state index < -0.39 is 37.1 Å². The molecule has 1 atom stereocenters. The Morgan fingerprint density at radius 2 is 1.57 bits per heavy atom. The highest BCUT2D eigenvalue weighted by Gasteiger charge is 2.39. The molecule has 0 saturated heterocycles. The van der Waals surface area contributed by atoms with E-state index in [1.807, 2.05) is 0 Å². The van der Waals surface area contributed by atoms with Gasteiger partial charge in [-0.05, 0) is 13.0 Å². The summed E-state index contributed by atoms with van der Waals surface area (Å²) in [4.78, 5) is 22.8. The molecule has 0 aliphatic carbocycles. The first-order chi connectivity index (χ1) is 10.5. The molecule has 0 radical (unpaired) electrons. The summed E-state index contributed by atoms with van der Waals surface area (Å²) in [5.41, 5.74) is 0. The third-order valence-electron chi connectivity index (χ3n) is 2.50. The summed E-state index contributed by atoms with van der Waals surface area (Å²) in [6, 6.07) is 2.46. The van der Waals surface area contributed by atoms with E-state index >= 15 is 0 Å². The van der Waals surface area contributed by atoms with Crippen LogP contribution in [0.15, 0.2) is 12.1 Å². The van der Waals surface area contributed by atoms with Gasteiger partial charge in [-0.2, -0.15) is 13.2 Å². The number of halogens is 6. The van der Waals surface area contributed by atoms with Gasteiger partial charge >= 0.3 is 18.1 Å². The highest BCUT2D eigenvalue weighted by atomic mass is 35.5. The molecule has 0 aliphatic heterocycles. The molecule has 0 fully saturated rings. The van der Waals surface area contributed by atoms with E-state index in [2.05, 4.69) is 4.74 Å². The number of hydrogen-bond acceptors (Lipinski definition) is 4. The molecule has 10 heteroatoms. The zero-order chi connectivity index (χ0) is 17.8. The maximum atomic E-state index is 12.2. The molecule has 128 valence electrons. The number of hydrogen-bond donors (Lipinski definition) is 0. The lowest BCUT2D eigenvalue weighted by atomic mass is 10.3. The third kappa shape index (κ3) is 6.45. The average molecular weight is 394 g/mol. The van der Waals surface area contributed by atoms with Crippen LogP contribution in [0.3, 0.4) is 0 Å². The van der Waals surface area contributed by atoms with Crippen LogP contribution in [-0.2, 0) is 14.3 Å². The number of carbonyl (C=O) groups is 2. The Morgan fingerprint density at radius 1 is 1.04 bits per heavy atom. The molecule has 0 aromatic heterocycles. The zero-order valence-corrected chi connectivity index (χ0v) is 13.8. The number of benzene rings is 1. The molecule has 0 N–H and O–H groups in total. The fourth-order valence-electron chi connectivity index (χ4n) is 1.28. The Morgan fingerprint density at radius 3 is 2.13 bits per heavy atom. The molecule has 23 heavy (non-hydrogen) atoms. The topological polar surface area (TPSA) is 52.6 Å². The second-order valence-corrected chi connectivity index (χ2v) is 5.57. The quantitative estimate of drug-likeness (QED) is 0.409. The summed E-state index contributed by atoms with van der Waals surface area (Å²) < 4.78 is 45.6. The van der Waals surface area contributed by atoms with Crippen LogP contribution in [0.25, 0.3) is 0 Å². The first kappa shape index (κ1) is 19.9. The second-order valence-electron chi connectivity index (χ2n) is 4.34. The fourth-order valence-corrected chi connectivity index (χ4v) is 1.86. The van der Waals surface area contributed by atoms with Gasteiger partial charge in [0.15, 0.2) is 11.9 Å². The predicted octanol–water partition coefficient (Wildman–Crippen LogP) is 4.83. The van der Waals surface area contributed by atoms with E-state index in [0.717, 1.165) is 0 Å². The Labute approximate surface area is 144 Å². The van der Waals surface area contributed by atoms with E-state index in [-0.39, 0.29) is 20.8 Å². The number of carbonyl (C=O) groups excluding carboxylic acids is 2. The van der Waals surface area contributed by atoms with Crippen molar-refractivity contribution in [1.29, 1.82) is 0 Å². The molecule has 0 saturated carbocycles. The van der Waals surface area contributed by atoms with Crippen LogP contribution in [0.2, 0.25) is 15.1 Å². The molecule has 1 rings (SSSR count). The second kappa shape index (κ2) is 8.08. The molecule has 0 spiro atoms. The molecule has 1 aromatic rings. The van der Waals surface area contributed by atoms with Crippen molar-refractivity contribution in [3.05, 3.63) is 27.2 Å². The van der Waals surface area contributed by atoms with Crippen LogP contribution in [0.4, 0.5) is 13.2 Å².